The molecule has 0 aliphatic rings. The predicted octanol–water partition coefficient (Wildman–Crippen LogP) is 2.78. The predicted molar refractivity (Wildman–Crippen MR) is 82.1 cm³/mol. The molecular formula is C14H14N4OS. The summed E-state index contributed by atoms with van der Waals surface area (Å²) >= 11 is 1.45. The summed E-state index contributed by atoms with van der Waals surface area (Å²) in [7, 11) is 1.82. The number of aryl methyl sites for hydroxylation is 2. The molecule has 1 aromatic carbocycles. The molecule has 6 heteroatoms. The number of benzene rings is 1. The fraction of sp³-hybridized carbons (Fsp3) is 0.143. The SMILES string of the molecule is Cc1nn(C)cc1NC(=O)c1cc2cc(N)ccc2s1. The van der Waals surface area contributed by atoms with Crippen molar-refractivity contribution in [1.82, 2.24) is 9.78 Å². The van der Waals surface area contributed by atoms with Crippen molar-refractivity contribution >= 4 is 38.7 Å². The Hall–Kier alpha value is -2.34. The van der Waals surface area contributed by atoms with Crippen LogP contribution < -0.4 is 11.1 Å². The van der Waals surface area contributed by atoms with E-state index in [0.717, 1.165) is 21.5 Å². The maximum Gasteiger partial charge on any atom is 0.265 e. The first-order valence-electron chi connectivity index (χ1n) is 6.13. The van der Waals surface area contributed by atoms with Crippen molar-refractivity contribution in [2.75, 3.05) is 11.1 Å². The molecule has 0 spiro atoms. The first kappa shape index (κ1) is 12.7. The molecule has 0 atom stereocenters. The van der Waals surface area contributed by atoms with Crippen LogP contribution in [0.4, 0.5) is 11.4 Å². The van der Waals surface area contributed by atoms with Crippen molar-refractivity contribution in [3.63, 3.8) is 0 Å². The molecule has 20 heavy (non-hydrogen) atoms. The molecule has 3 aromatic rings. The number of fused-ring (bicyclic) bond motifs is 1. The Balaban J connectivity index is 1.90. The average molecular weight is 286 g/mol. The number of hydrogen-bond acceptors (Lipinski definition) is 4. The van der Waals surface area contributed by atoms with Crippen molar-refractivity contribution in [2.24, 2.45) is 7.05 Å². The summed E-state index contributed by atoms with van der Waals surface area (Å²) in [6, 6.07) is 7.50. The average Bonchev–Trinajstić information content (AvgIpc) is 2.92. The van der Waals surface area contributed by atoms with Crippen LogP contribution in [-0.4, -0.2) is 15.7 Å². The van der Waals surface area contributed by atoms with Gasteiger partial charge < -0.3 is 11.1 Å². The summed E-state index contributed by atoms with van der Waals surface area (Å²) in [5, 5.41) is 8.07. The largest absolute Gasteiger partial charge is 0.399 e. The first-order chi connectivity index (χ1) is 9.52. The fourth-order valence-corrected chi connectivity index (χ4v) is 3.02. The zero-order valence-corrected chi connectivity index (χ0v) is 12.0. The standard InChI is InChI=1S/C14H14N4OS/c1-8-11(7-18(2)17-8)16-14(19)13-6-9-5-10(15)3-4-12(9)20-13/h3-7H,15H2,1-2H3,(H,16,19). The van der Waals surface area contributed by atoms with E-state index in [-0.39, 0.29) is 5.91 Å². The normalized spacial score (nSPS) is 10.9. The van der Waals surface area contributed by atoms with Gasteiger partial charge in [0.2, 0.25) is 0 Å². The van der Waals surface area contributed by atoms with Gasteiger partial charge in [0.05, 0.1) is 16.3 Å². The monoisotopic (exact) mass is 286 g/mol. The van der Waals surface area contributed by atoms with Gasteiger partial charge in [0.1, 0.15) is 0 Å². The molecule has 0 unspecified atom stereocenters. The van der Waals surface area contributed by atoms with Crippen molar-refractivity contribution in [2.45, 2.75) is 6.92 Å². The van der Waals surface area contributed by atoms with E-state index >= 15 is 0 Å². The van der Waals surface area contributed by atoms with Gasteiger partial charge >= 0.3 is 0 Å². The molecular weight excluding hydrogens is 272 g/mol. The molecule has 102 valence electrons. The summed E-state index contributed by atoms with van der Waals surface area (Å²) in [5.41, 5.74) is 7.98. The second-order valence-electron chi connectivity index (χ2n) is 4.66. The number of nitrogen functional groups attached to an aromatic ring is 1. The van der Waals surface area contributed by atoms with E-state index in [2.05, 4.69) is 10.4 Å². The molecule has 0 radical (unpaired) electrons. The number of rotatable bonds is 2. The van der Waals surface area contributed by atoms with E-state index < -0.39 is 0 Å². The minimum Gasteiger partial charge on any atom is -0.399 e. The van der Waals surface area contributed by atoms with E-state index in [9.17, 15) is 4.79 Å². The van der Waals surface area contributed by atoms with Crippen LogP contribution in [0, 0.1) is 6.92 Å². The highest BCUT2D eigenvalue weighted by molar-refractivity contribution is 7.20. The Kier molecular flexibility index (Phi) is 2.94. The van der Waals surface area contributed by atoms with Crippen molar-refractivity contribution in [3.8, 4) is 0 Å². The Bertz CT molecular complexity index is 803. The number of carbonyl (C=O) groups excluding carboxylic acids is 1. The van der Waals surface area contributed by atoms with Crippen LogP contribution in [-0.2, 0) is 7.05 Å². The van der Waals surface area contributed by atoms with Gasteiger partial charge in [0.15, 0.2) is 0 Å². The van der Waals surface area contributed by atoms with Crippen LogP contribution >= 0.6 is 11.3 Å². The number of hydrogen-bond donors (Lipinski definition) is 2. The molecule has 0 saturated heterocycles. The van der Waals surface area contributed by atoms with Gasteiger partial charge in [0.25, 0.3) is 5.91 Å². The second-order valence-corrected chi connectivity index (χ2v) is 5.75. The maximum absolute atomic E-state index is 12.3. The number of aromatic nitrogens is 2. The van der Waals surface area contributed by atoms with Crippen LogP contribution in [0.3, 0.4) is 0 Å². The molecule has 3 rings (SSSR count). The van der Waals surface area contributed by atoms with Crippen LogP contribution in [0.25, 0.3) is 10.1 Å². The smallest absolute Gasteiger partial charge is 0.265 e. The molecule has 2 aromatic heterocycles. The first-order valence-corrected chi connectivity index (χ1v) is 6.95. The third-order valence-electron chi connectivity index (χ3n) is 3.03. The molecule has 0 aliphatic heterocycles. The van der Waals surface area contributed by atoms with Crippen LogP contribution in [0.1, 0.15) is 15.4 Å². The van der Waals surface area contributed by atoms with Gasteiger partial charge in [-0.25, -0.2) is 0 Å². The highest BCUT2D eigenvalue weighted by Crippen LogP contribution is 2.28. The third kappa shape index (κ3) is 2.25. The van der Waals surface area contributed by atoms with Crippen molar-refractivity contribution < 1.29 is 4.79 Å². The topological polar surface area (TPSA) is 72.9 Å². The van der Waals surface area contributed by atoms with E-state index in [0.29, 0.717) is 10.6 Å². The number of amides is 1. The summed E-state index contributed by atoms with van der Waals surface area (Å²) in [6.45, 7) is 1.86. The summed E-state index contributed by atoms with van der Waals surface area (Å²) < 4.78 is 2.73. The van der Waals surface area contributed by atoms with E-state index in [1.54, 1.807) is 10.9 Å². The molecule has 0 bridgehead atoms. The Labute approximate surface area is 120 Å². The molecule has 2 heterocycles. The zero-order chi connectivity index (χ0) is 14.3. The van der Waals surface area contributed by atoms with Gasteiger partial charge in [-0.15, -0.1) is 11.3 Å². The summed E-state index contributed by atoms with van der Waals surface area (Å²) in [5.74, 6) is -0.124. The highest BCUT2D eigenvalue weighted by Gasteiger charge is 2.13. The maximum atomic E-state index is 12.3. The lowest BCUT2D eigenvalue weighted by Gasteiger charge is -2.00. The number of nitrogens with one attached hydrogen (secondary N) is 1. The van der Waals surface area contributed by atoms with Gasteiger partial charge in [-0.3, -0.25) is 9.48 Å². The number of nitrogens with two attached hydrogens (primary N) is 1. The van der Waals surface area contributed by atoms with E-state index in [1.165, 1.54) is 11.3 Å². The van der Waals surface area contributed by atoms with Crippen molar-refractivity contribution in [1.29, 1.82) is 0 Å². The van der Waals surface area contributed by atoms with Crippen LogP contribution in [0.15, 0.2) is 30.5 Å². The fourth-order valence-electron chi connectivity index (χ4n) is 2.08. The lowest BCUT2D eigenvalue weighted by atomic mass is 10.2. The number of carbonyl (C=O) groups is 1. The molecule has 5 nitrogen and oxygen atoms in total. The zero-order valence-electron chi connectivity index (χ0n) is 11.2. The van der Waals surface area contributed by atoms with Gasteiger partial charge in [-0.05, 0) is 36.6 Å². The number of anilines is 2. The quantitative estimate of drug-likeness (QED) is 0.711. The minimum atomic E-state index is -0.124. The molecule has 0 saturated carbocycles. The molecule has 1 amide bonds. The lowest BCUT2D eigenvalue weighted by Crippen LogP contribution is -2.10. The summed E-state index contributed by atoms with van der Waals surface area (Å²) in [6.07, 6.45) is 1.79. The molecule has 0 aliphatic carbocycles. The van der Waals surface area contributed by atoms with E-state index in [4.69, 9.17) is 5.73 Å². The molecule has 3 N–H and O–H groups in total. The highest BCUT2D eigenvalue weighted by atomic mass is 32.1. The Morgan fingerprint density at radius 1 is 1.40 bits per heavy atom. The summed E-state index contributed by atoms with van der Waals surface area (Å²) in [4.78, 5) is 12.9. The van der Waals surface area contributed by atoms with Crippen LogP contribution in [0.5, 0.6) is 0 Å². The number of nitrogens with zero attached hydrogens (tertiary/aromatic N) is 2. The number of thiophene rings is 1. The second kappa shape index (κ2) is 4.64. The third-order valence-corrected chi connectivity index (χ3v) is 4.14. The Morgan fingerprint density at radius 2 is 2.20 bits per heavy atom. The van der Waals surface area contributed by atoms with Crippen LogP contribution in [0.2, 0.25) is 0 Å². The van der Waals surface area contributed by atoms with E-state index in [1.807, 2.05) is 38.2 Å². The van der Waals surface area contributed by atoms with Gasteiger partial charge in [0, 0.05) is 23.6 Å². The Morgan fingerprint density at radius 3 is 2.90 bits per heavy atom. The molecule has 0 fully saturated rings. The van der Waals surface area contributed by atoms with Crippen molar-refractivity contribution in [3.05, 3.63) is 41.0 Å². The van der Waals surface area contributed by atoms with Gasteiger partial charge in [-0.2, -0.15) is 5.10 Å². The lowest BCUT2D eigenvalue weighted by molar-refractivity contribution is 0.103. The van der Waals surface area contributed by atoms with Gasteiger partial charge in [-0.1, -0.05) is 0 Å². The minimum absolute atomic E-state index is 0.124.